The highest BCUT2D eigenvalue weighted by molar-refractivity contribution is 6.17. The van der Waals surface area contributed by atoms with E-state index in [9.17, 15) is 45.5 Å². The van der Waals surface area contributed by atoms with E-state index in [1.165, 1.54) is 24.3 Å². The molecule has 2 saturated heterocycles. The van der Waals surface area contributed by atoms with Crippen molar-refractivity contribution in [3.8, 4) is 23.7 Å². The largest absolute Gasteiger partial charge is 0.444 e. The molecular weight excluding hydrogens is 1280 g/mol. The van der Waals surface area contributed by atoms with E-state index in [1.807, 2.05) is 61.5 Å². The van der Waals surface area contributed by atoms with Crippen LogP contribution in [0.1, 0.15) is 118 Å². The number of hydrogen-bond acceptors (Lipinski definition) is 14. The second-order valence-corrected chi connectivity index (χ2v) is 25.1. The van der Waals surface area contributed by atoms with Gasteiger partial charge in [0.05, 0.1) is 23.5 Å². The van der Waals surface area contributed by atoms with Crippen molar-refractivity contribution in [2.24, 2.45) is 5.73 Å². The number of amides is 4. The van der Waals surface area contributed by atoms with Gasteiger partial charge in [-0.05, 0) is 162 Å². The molecule has 0 saturated carbocycles. The Morgan fingerprint density at radius 3 is 1.39 bits per heavy atom. The predicted octanol–water partition coefficient (Wildman–Crippen LogP) is 11.3. The summed E-state index contributed by atoms with van der Waals surface area (Å²) in [4.78, 5) is 66.2. The topological polar surface area (TPSA) is 222 Å². The van der Waals surface area contributed by atoms with Crippen molar-refractivity contribution in [2.45, 2.75) is 91.4 Å². The maximum absolute atomic E-state index is 14.1. The quantitative estimate of drug-likeness (QED) is 0.0387. The summed E-state index contributed by atoms with van der Waals surface area (Å²) < 4.78 is 96.0. The van der Waals surface area contributed by atoms with Crippen molar-refractivity contribution in [3.05, 3.63) is 189 Å². The summed E-state index contributed by atoms with van der Waals surface area (Å²) in [6.45, 7) is 23.1. The zero-order valence-electron chi connectivity index (χ0n) is 55.1. The molecule has 2 fully saturated rings. The Morgan fingerprint density at radius 1 is 0.557 bits per heavy atom. The minimum Gasteiger partial charge on any atom is -0.444 e. The fourth-order valence-corrected chi connectivity index (χ4v) is 10.2. The molecule has 20 nitrogen and oxygen atoms in total. The normalized spacial score (nSPS) is 13.8. The summed E-state index contributed by atoms with van der Waals surface area (Å²) in [7, 11) is 0. The van der Waals surface area contributed by atoms with Gasteiger partial charge in [-0.25, -0.2) is 28.6 Å². The van der Waals surface area contributed by atoms with Crippen molar-refractivity contribution in [1.82, 2.24) is 54.1 Å². The van der Waals surface area contributed by atoms with Crippen LogP contribution in [-0.4, -0.2) is 163 Å². The zero-order chi connectivity index (χ0) is 70.2. The van der Waals surface area contributed by atoms with Crippen molar-refractivity contribution in [3.63, 3.8) is 0 Å². The molecule has 0 radical (unpaired) electrons. The van der Waals surface area contributed by atoms with Crippen LogP contribution in [0.4, 0.5) is 47.3 Å². The lowest BCUT2D eigenvalue weighted by molar-refractivity contribution is -0.139. The molecule has 6 heterocycles. The van der Waals surface area contributed by atoms with Crippen LogP contribution >= 0.6 is 11.6 Å². The summed E-state index contributed by atoms with van der Waals surface area (Å²) in [6, 6.07) is 24.3. The predicted molar refractivity (Wildman–Crippen MR) is 358 cm³/mol. The minimum absolute atomic E-state index is 0.00291. The zero-order valence-corrected chi connectivity index (χ0v) is 55.8. The van der Waals surface area contributed by atoms with Crippen LogP contribution in [0.5, 0.6) is 0 Å². The van der Waals surface area contributed by atoms with Gasteiger partial charge in [-0.1, -0.05) is 36.1 Å². The van der Waals surface area contributed by atoms with E-state index in [2.05, 4.69) is 69.6 Å². The van der Waals surface area contributed by atoms with Gasteiger partial charge in [-0.3, -0.25) is 19.4 Å². The number of rotatable bonds is 12. The van der Waals surface area contributed by atoms with Crippen LogP contribution in [0.25, 0.3) is 11.3 Å². The van der Waals surface area contributed by atoms with Crippen molar-refractivity contribution in [2.75, 3.05) is 89.2 Å². The van der Waals surface area contributed by atoms with E-state index in [1.54, 1.807) is 98.2 Å². The van der Waals surface area contributed by atoms with E-state index in [-0.39, 0.29) is 58.2 Å². The average Bonchev–Trinajstić information content (AvgIpc) is 1.04. The molecule has 97 heavy (non-hydrogen) atoms. The molecule has 4 aromatic heterocycles. The molecule has 8 aromatic rings. The van der Waals surface area contributed by atoms with Crippen molar-refractivity contribution >= 4 is 58.3 Å². The highest BCUT2D eigenvalue weighted by atomic mass is 35.5. The summed E-state index contributed by atoms with van der Waals surface area (Å²) in [6.07, 6.45) is -3.28. The number of nitrogens with zero attached hydrogens (tertiary/aromatic N) is 10. The number of anilines is 2. The number of nitrogens with two attached hydrogens (primary N) is 1. The Balaban J connectivity index is 0.000000210. The van der Waals surface area contributed by atoms with Crippen LogP contribution in [0.15, 0.2) is 122 Å². The summed E-state index contributed by atoms with van der Waals surface area (Å²) >= 11 is 5.61. The second kappa shape index (κ2) is 32.4. The van der Waals surface area contributed by atoms with Crippen LogP contribution in [0.3, 0.4) is 0 Å². The molecule has 0 unspecified atom stereocenters. The van der Waals surface area contributed by atoms with E-state index in [0.717, 1.165) is 56.0 Å². The fraction of sp³-hybridized carbons (Fsp3) is 0.371. The maximum Gasteiger partial charge on any atom is 0.416 e. The van der Waals surface area contributed by atoms with E-state index in [0.29, 0.717) is 79.6 Å². The first kappa shape index (κ1) is 73.2. The van der Waals surface area contributed by atoms with Gasteiger partial charge in [0.25, 0.3) is 11.8 Å². The Bertz CT molecular complexity index is 4220. The number of hydrogen-bond donors (Lipinski definition) is 4. The number of alkyl halides is 7. The first-order valence-corrected chi connectivity index (χ1v) is 31.7. The van der Waals surface area contributed by atoms with Crippen molar-refractivity contribution in [1.29, 1.82) is 0 Å². The third kappa shape index (κ3) is 21.2. The first-order valence-electron chi connectivity index (χ1n) is 31.2. The Labute approximate surface area is 563 Å². The summed E-state index contributed by atoms with van der Waals surface area (Å²) in [5.41, 5.74) is 8.73. The van der Waals surface area contributed by atoms with E-state index < -0.39 is 46.5 Å². The second-order valence-electron chi connectivity index (χ2n) is 24.8. The standard InChI is InChI=1S/C35H38F3N7O3.C24H16ClF3N4O.C11H23N3O2/c1-24-7-8-26(20-25(24)10-12-29-23-40-31-6-5-13-41-45(29)31)32(46)42-28-11-9-27(30(21-28)35(36,37)38)22-39-14-15-43-16-18-44(19-17-43)33(47)48-34(2,3)4;1-15-4-5-17(11-16(15)7-9-20-14-29-22-3-2-10-30-32(20)22)23(33)31-19-8-6-18(13-25)21(12-19)24(26,27)28;1-11(2,3)16-10(15)14-8-6-13(5-4-12)7-9-14/h5-9,11,13,20-21,23,39H,14-19,22H2,1-4H3,(H,42,46);2-6,8,10-12,14H,13H2,1H3,(H,31,33);4-9,12H2,1-3H3. The molecule has 27 heteroatoms. The SMILES string of the molecule is CC(C)(C)OC(=O)N1CCN(CCN)CC1.Cc1ccc(C(=O)Nc2ccc(CCl)c(C(F)(F)F)c2)cc1C#Cc1cnc2cccnn12.Cc1ccc(C(=O)Nc2ccc(CNCCN3CCN(C(=O)OC(C)(C)C)CC3)c(C(F)(F)F)c2)cc1C#Cc1cnc2cccnn12. The Hall–Kier alpha value is -9.57. The molecule has 2 aliphatic heterocycles. The van der Waals surface area contributed by atoms with Gasteiger partial charge in [-0.2, -0.15) is 36.5 Å². The number of aryl methyl sites for hydroxylation is 2. The molecule has 2 aliphatic rings. The third-order valence-electron chi connectivity index (χ3n) is 15.1. The minimum atomic E-state index is -4.62. The van der Waals surface area contributed by atoms with Gasteiger partial charge < -0.3 is 41.0 Å². The van der Waals surface area contributed by atoms with Gasteiger partial charge >= 0.3 is 24.5 Å². The molecule has 5 N–H and O–H groups in total. The van der Waals surface area contributed by atoms with E-state index in [4.69, 9.17) is 26.8 Å². The number of fused-ring (bicyclic) bond motifs is 2. The number of imidazole rings is 2. The maximum atomic E-state index is 14.1. The number of nitrogens with one attached hydrogen (secondary N) is 3. The van der Waals surface area contributed by atoms with Crippen LogP contribution in [0, 0.1) is 37.5 Å². The molecule has 512 valence electrons. The molecule has 10 rings (SSSR count). The van der Waals surface area contributed by atoms with Gasteiger partial charge in [0.15, 0.2) is 11.3 Å². The van der Waals surface area contributed by atoms with Gasteiger partial charge in [0, 0.05) is 137 Å². The van der Waals surface area contributed by atoms with Crippen LogP contribution in [-0.2, 0) is 34.3 Å². The molecule has 0 spiro atoms. The highest BCUT2D eigenvalue weighted by Gasteiger charge is 2.35. The molecule has 0 bridgehead atoms. The number of aromatic nitrogens is 6. The lowest BCUT2D eigenvalue weighted by Gasteiger charge is -2.35. The van der Waals surface area contributed by atoms with E-state index >= 15 is 0 Å². The number of halogens is 7. The first-order chi connectivity index (χ1) is 45.9. The number of benzene rings is 4. The molecule has 4 amide bonds. The van der Waals surface area contributed by atoms with Crippen LogP contribution < -0.4 is 21.7 Å². The lowest BCUT2D eigenvalue weighted by Crippen LogP contribution is -2.51. The molecule has 0 atom stereocenters. The smallest absolute Gasteiger partial charge is 0.416 e. The number of ether oxygens (including phenoxy) is 2. The number of piperazine rings is 2. The van der Waals surface area contributed by atoms with Gasteiger partial charge in [0.2, 0.25) is 0 Å². The number of carbonyl (C=O) groups is 4. The Kier molecular flexibility index (Phi) is 24.5. The van der Waals surface area contributed by atoms with Gasteiger partial charge in [0.1, 0.15) is 22.6 Å². The highest BCUT2D eigenvalue weighted by Crippen LogP contribution is 2.36. The van der Waals surface area contributed by atoms with Crippen molar-refractivity contribution < 1.29 is 55.0 Å². The Morgan fingerprint density at radius 2 is 0.979 bits per heavy atom. The average molecular weight is 1360 g/mol. The van der Waals surface area contributed by atoms with Gasteiger partial charge in [-0.15, -0.1) is 11.6 Å². The molecule has 0 aliphatic carbocycles. The lowest BCUT2D eigenvalue weighted by atomic mass is 10.0. The molecular formula is C70H77ClF6N14O6. The summed E-state index contributed by atoms with van der Waals surface area (Å²) in [5.74, 6) is 10.7. The molecule has 4 aromatic carbocycles. The monoisotopic (exact) mass is 1360 g/mol. The fourth-order valence-electron chi connectivity index (χ4n) is 10.0. The third-order valence-corrected chi connectivity index (χ3v) is 15.4. The van der Waals surface area contributed by atoms with Crippen LogP contribution in [0.2, 0.25) is 0 Å². The summed E-state index contributed by atoms with van der Waals surface area (Å²) in [5, 5.41) is 16.7. The number of carbonyl (C=O) groups excluding carboxylic acids is 4.